The summed E-state index contributed by atoms with van der Waals surface area (Å²) >= 11 is 3.49. The van der Waals surface area contributed by atoms with Crippen molar-refractivity contribution in [3.05, 3.63) is 33.4 Å². The van der Waals surface area contributed by atoms with Gasteiger partial charge in [0.05, 0.1) is 32.4 Å². The van der Waals surface area contributed by atoms with Crippen molar-refractivity contribution in [2.45, 2.75) is 33.2 Å². The van der Waals surface area contributed by atoms with Gasteiger partial charge in [-0.15, -0.1) is 0 Å². The van der Waals surface area contributed by atoms with Gasteiger partial charge in [0.15, 0.2) is 11.5 Å². The van der Waals surface area contributed by atoms with E-state index in [2.05, 4.69) is 40.4 Å². The monoisotopic (exact) mass is 440 g/mol. The van der Waals surface area contributed by atoms with Gasteiger partial charge in [-0.2, -0.15) is 0 Å². The Morgan fingerprint density at radius 3 is 2.44 bits per heavy atom. The molecule has 148 valence electrons. The number of allylic oxidation sites excluding steroid dienone is 1. The molecule has 1 aromatic carbocycles. The Balaban J connectivity index is 2.42. The minimum Gasteiger partial charge on any atom is -0.493 e. The van der Waals surface area contributed by atoms with Crippen molar-refractivity contribution in [2.24, 2.45) is 5.92 Å². The Hall–Kier alpha value is -2.22. The second-order valence-electron chi connectivity index (χ2n) is 6.62. The van der Waals surface area contributed by atoms with Crippen LogP contribution in [0.5, 0.6) is 11.5 Å². The molecule has 27 heavy (non-hydrogen) atoms. The number of hydrogen-bond acceptors (Lipinski definition) is 5. The van der Waals surface area contributed by atoms with Crippen LogP contribution < -0.4 is 20.1 Å². The molecule has 0 saturated heterocycles. The molecule has 0 unspecified atom stereocenters. The number of amides is 2. The number of carbonyl (C=O) groups is 2. The lowest BCUT2D eigenvalue weighted by Crippen LogP contribution is -2.45. The van der Waals surface area contributed by atoms with E-state index in [1.54, 1.807) is 19.1 Å². The van der Waals surface area contributed by atoms with E-state index in [4.69, 9.17) is 14.2 Å². The van der Waals surface area contributed by atoms with Gasteiger partial charge in [-0.25, -0.2) is 9.59 Å². The van der Waals surface area contributed by atoms with Gasteiger partial charge in [0.25, 0.3) is 0 Å². The van der Waals surface area contributed by atoms with Gasteiger partial charge in [-0.1, -0.05) is 29.8 Å². The summed E-state index contributed by atoms with van der Waals surface area (Å²) in [5.74, 6) is 0.990. The summed E-state index contributed by atoms with van der Waals surface area (Å²) in [6, 6.07) is 2.39. The Morgan fingerprint density at radius 1 is 1.22 bits per heavy atom. The Kier molecular flexibility index (Phi) is 7.12. The Morgan fingerprint density at radius 2 is 1.85 bits per heavy atom. The molecule has 2 amide bonds. The van der Waals surface area contributed by atoms with Gasteiger partial charge in [0.2, 0.25) is 0 Å². The van der Waals surface area contributed by atoms with Crippen LogP contribution in [0, 0.1) is 5.92 Å². The SMILES string of the molecule is COc1cc(Br)c([C@@H]2NC(=O)NC(C)=C2C(=O)OCCC(C)C)cc1OC. The first-order chi connectivity index (χ1) is 12.8. The number of ether oxygens (including phenoxy) is 3. The molecule has 0 saturated carbocycles. The fourth-order valence-electron chi connectivity index (χ4n) is 2.75. The number of benzene rings is 1. The van der Waals surface area contributed by atoms with Crippen molar-refractivity contribution < 1.29 is 23.8 Å². The molecule has 2 rings (SSSR count). The summed E-state index contributed by atoms with van der Waals surface area (Å²) in [4.78, 5) is 24.8. The molecule has 1 atom stereocenters. The van der Waals surface area contributed by atoms with E-state index in [-0.39, 0.29) is 0 Å². The smallest absolute Gasteiger partial charge is 0.338 e. The number of esters is 1. The van der Waals surface area contributed by atoms with Gasteiger partial charge >= 0.3 is 12.0 Å². The molecule has 0 radical (unpaired) electrons. The first-order valence-electron chi connectivity index (χ1n) is 8.65. The molecule has 0 spiro atoms. The fraction of sp³-hybridized carbons (Fsp3) is 0.474. The highest BCUT2D eigenvalue weighted by Gasteiger charge is 2.34. The van der Waals surface area contributed by atoms with Crippen molar-refractivity contribution in [1.82, 2.24) is 10.6 Å². The van der Waals surface area contributed by atoms with E-state index in [0.717, 1.165) is 6.42 Å². The second kappa shape index (κ2) is 9.12. The van der Waals surface area contributed by atoms with Gasteiger partial charge < -0.3 is 24.8 Å². The second-order valence-corrected chi connectivity index (χ2v) is 7.47. The Labute approximate surface area is 167 Å². The topological polar surface area (TPSA) is 85.9 Å². The number of carbonyl (C=O) groups excluding carboxylic acids is 2. The van der Waals surface area contributed by atoms with Crippen LogP contribution >= 0.6 is 15.9 Å². The summed E-state index contributed by atoms with van der Waals surface area (Å²) in [6.45, 7) is 6.12. The number of hydrogen-bond donors (Lipinski definition) is 2. The maximum atomic E-state index is 12.7. The lowest BCUT2D eigenvalue weighted by atomic mass is 9.95. The molecule has 1 aliphatic rings. The van der Waals surface area contributed by atoms with Gasteiger partial charge in [0, 0.05) is 10.2 Å². The largest absolute Gasteiger partial charge is 0.493 e. The van der Waals surface area contributed by atoms with Crippen molar-refractivity contribution in [2.75, 3.05) is 20.8 Å². The van der Waals surface area contributed by atoms with Crippen molar-refractivity contribution in [3.63, 3.8) is 0 Å². The zero-order chi connectivity index (χ0) is 20.1. The number of methoxy groups -OCH3 is 2. The minimum absolute atomic E-state index is 0.320. The summed E-state index contributed by atoms with van der Waals surface area (Å²) in [6.07, 6.45) is 0.766. The van der Waals surface area contributed by atoms with E-state index < -0.39 is 18.0 Å². The first-order valence-corrected chi connectivity index (χ1v) is 9.44. The molecule has 1 aromatic rings. The molecule has 7 nitrogen and oxygen atoms in total. The lowest BCUT2D eigenvalue weighted by Gasteiger charge is -2.29. The minimum atomic E-state index is -0.681. The van der Waals surface area contributed by atoms with Crippen LogP contribution in [0.1, 0.15) is 38.8 Å². The van der Waals surface area contributed by atoms with Crippen LogP contribution in [0.4, 0.5) is 4.79 Å². The maximum Gasteiger partial charge on any atom is 0.338 e. The third-order valence-electron chi connectivity index (χ3n) is 4.23. The van der Waals surface area contributed by atoms with E-state index in [1.165, 1.54) is 14.2 Å². The summed E-state index contributed by atoms with van der Waals surface area (Å²) < 4.78 is 16.8. The van der Waals surface area contributed by atoms with E-state index in [1.807, 2.05) is 0 Å². The van der Waals surface area contributed by atoms with Crippen LogP contribution in [0.15, 0.2) is 27.9 Å². The maximum absolute atomic E-state index is 12.7. The molecule has 1 aliphatic heterocycles. The normalized spacial score (nSPS) is 16.7. The van der Waals surface area contributed by atoms with Crippen LogP contribution in [0.25, 0.3) is 0 Å². The molecule has 0 fully saturated rings. The van der Waals surface area contributed by atoms with E-state index >= 15 is 0 Å². The standard InChI is InChI=1S/C19H25BrN2O5/c1-10(2)6-7-27-18(23)16-11(3)21-19(24)22-17(16)12-8-14(25-4)15(26-5)9-13(12)20/h8-10,17H,6-7H2,1-5H3,(H2,21,22,24)/t17-/m0/s1. The molecule has 0 aliphatic carbocycles. The summed E-state index contributed by atoms with van der Waals surface area (Å²) in [7, 11) is 3.07. The van der Waals surface area contributed by atoms with Gasteiger partial charge in [0.1, 0.15) is 0 Å². The number of nitrogens with one attached hydrogen (secondary N) is 2. The first kappa shape index (κ1) is 21.1. The highest BCUT2D eigenvalue weighted by Crippen LogP contribution is 2.39. The molecule has 0 bridgehead atoms. The van der Waals surface area contributed by atoms with Crippen LogP contribution in [-0.4, -0.2) is 32.8 Å². The third kappa shape index (κ3) is 4.94. The third-order valence-corrected chi connectivity index (χ3v) is 4.92. The number of urea groups is 1. The Bertz CT molecular complexity index is 761. The van der Waals surface area contributed by atoms with E-state index in [0.29, 0.717) is 45.3 Å². The molecule has 0 aromatic heterocycles. The predicted octanol–water partition coefficient (Wildman–Crippen LogP) is 3.68. The van der Waals surface area contributed by atoms with Crippen LogP contribution in [0.3, 0.4) is 0 Å². The van der Waals surface area contributed by atoms with Crippen molar-refractivity contribution in [1.29, 1.82) is 0 Å². The van der Waals surface area contributed by atoms with Crippen molar-refractivity contribution in [3.8, 4) is 11.5 Å². The number of halogens is 1. The highest BCUT2D eigenvalue weighted by molar-refractivity contribution is 9.10. The average molecular weight is 441 g/mol. The molecule has 2 N–H and O–H groups in total. The highest BCUT2D eigenvalue weighted by atomic mass is 79.9. The summed E-state index contributed by atoms with van der Waals surface area (Å²) in [5, 5.41) is 5.43. The molecule has 1 heterocycles. The number of rotatable bonds is 7. The predicted molar refractivity (Wildman–Crippen MR) is 105 cm³/mol. The van der Waals surface area contributed by atoms with E-state index in [9.17, 15) is 9.59 Å². The molecule has 8 heteroatoms. The van der Waals surface area contributed by atoms with Crippen molar-refractivity contribution >= 4 is 27.9 Å². The zero-order valence-corrected chi connectivity index (χ0v) is 17.7. The van der Waals surface area contributed by atoms with Crippen LogP contribution in [-0.2, 0) is 9.53 Å². The van der Waals surface area contributed by atoms with Crippen LogP contribution in [0.2, 0.25) is 0 Å². The molecular formula is C19H25BrN2O5. The average Bonchev–Trinajstić information content (AvgIpc) is 2.60. The van der Waals surface area contributed by atoms with Gasteiger partial charge in [-0.3, -0.25) is 0 Å². The zero-order valence-electron chi connectivity index (χ0n) is 16.1. The molecular weight excluding hydrogens is 416 g/mol. The fourth-order valence-corrected chi connectivity index (χ4v) is 3.31. The quantitative estimate of drug-likeness (QED) is 0.631. The lowest BCUT2D eigenvalue weighted by molar-refractivity contribution is -0.139. The van der Waals surface area contributed by atoms with Gasteiger partial charge in [-0.05, 0) is 37.0 Å². The summed E-state index contributed by atoms with van der Waals surface area (Å²) in [5.41, 5.74) is 1.48.